The summed E-state index contributed by atoms with van der Waals surface area (Å²) in [5, 5.41) is 0. The van der Waals surface area contributed by atoms with Crippen molar-refractivity contribution in [2.24, 2.45) is 11.8 Å². The van der Waals surface area contributed by atoms with Gasteiger partial charge in [-0.3, -0.25) is 0 Å². The molecule has 1 aliphatic rings. The predicted octanol–water partition coefficient (Wildman–Crippen LogP) is 2.18. The van der Waals surface area contributed by atoms with Gasteiger partial charge < -0.3 is 4.79 Å². The number of allylic oxidation sites excluding steroid dienone is 2. The highest BCUT2D eigenvalue weighted by Crippen LogP contribution is 2.25. The summed E-state index contributed by atoms with van der Waals surface area (Å²) in [6, 6.07) is 0. The molecule has 0 spiro atoms. The van der Waals surface area contributed by atoms with Crippen molar-refractivity contribution in [1.82, 2.24) is 0 Å². The van der Waals surface area contributed by atoms with E-state index in [9.17, 15) is 4.79 Å². The zero-order valence-corrected chi connectivity index (χ0v) is 6.63. The molecular weight excluding hydrogens is 124 g/mol. The van der Waals surface area contributed by atoms with Gasteiger partial charge in [0.25, 0.3) is 0 Å². The molecule has 0 saturated heterocycles. The van der Waals surface area contributed by atoms with Crippen LogP contribution in [0.5, 0.6) is 0 Å². The van der Waals surface area contributed by atoms with Crippen molar-refractivity contribution in [1.29, 1.82) is 0 Å². The van der Waals surface area contributed by atoms with Gasteiger partial charge in [0.1, 0.15) is 6.29 Å². The lowest BCUT2D eigenvalue weighted by Crippen LogP contribution is -2.11. The van der Waals surface area contributed by atoms with Crippen molar-refractivity contribution in [2.75, 3.05) is 0 Å². The molecular formula is C9H14O. The summed E-state index contributed by atoms with van der Waals surface area (Å²) in [5.74, 6) is 0.896. The van der Waals surface area contributed by atoms with E-state index in [4.69, 9.17) is 0 Å². The third kappa shape index (κ3) is 1.47. The lowest BCUT2D eigenvalue weighted by molar-refractivity contribution is -0.110. The fourth-order valence-electron chi connectivity index (χ4n) is 1.50. The number of hydrogen-bond donors (Lipinski definition) is 0. The summed E-state index contributed by atoms with van der Waals surface area (Å²) in [5.41, 5.74) is 1.26. The lowest BCUT2D eigenvalue weighted by atomic mass is 9.85. The summed E-state index contributed by atoms with van der Waals surface area (Å²) in [4.78, 5) is 10.4. The van der Waals surface area contributed by atoms with Crippen LogP contribution in [0.25, 0.3) is 0 Å². The highest BCUT2D eigenvalue weighted by molar-refractivity contribution is 5.58. The standard InChI is InChI=1S/C9H14O/c1-7-3-4-9(6-10)8(2)5-7/h5-7,9H,3-4H2,1-2H3. The number of hydrogen-bond acceptors (Lipinski definition) is 1. The van der Waals surface area contributed by atoms with Crippen molar-refractivity contribution in [2.45, 2.75) is 26.7 Å². The van der Waals surface area contributed by atoms with E-state index in [1.165, 1.54) is 12.0 Å². The summed E-state index contributed by atoms with van der Waals surface area (Å²) in [6.45, 7) is 4.25. The van der Waals surface area contributed by atoms with Gasteiger partial charge >= 0.3 is 0 Å². The maximum Gasteiger partial charge on any atom is 0.127 e. The fourth-order valence-corrected chi connectivity index (χ4v) is 1.50. The Bertz CT molecular complexity index is 158. The minimum Gasteiger partial charge on any atom is -0.303 e. The van der Waals surface area contributed by atoms with Crippen LogP contribution in [0.1, 0.15) is 26.7 Å². The molecule has 1 heteroatoms. The molecule has 1 aliphatic carbocycles. The Kier molecular flexibility index (Phi) is 2.25. The molecule has 10 heavy (non-hydrogen) atoms. The minimum atomic E-state index is 0.219. The average molecular weight is 138 g/mol. The molecule has 2 unspecified atom stereocenters. The Morgan fingerprint density at radius 2 is 2.30 bits per heavy atom. The van der Waals surface area contributed by atoms with Crippen LogP contribution in [0, 0.1) is 11.8 Å². The molecule has 56 valence electrons. The number of rotatable bonds is 1. The monoisotopic (exact) mass is 138 g/mol. The van der Waals surface area contributed by atoms with E-state index < -0.39 is 0 Å². The van der Waals surface area contributed by atoms with E-state index >= 15 is 0 Å². The van der Waals surface area contributed by atoms with Crippen molar-refractivity contribution in [3.63, 3.8) is 0 Å². The molecule has 0 aromatic carbocycles. The third-order valence-corrected chi connectivity index (χ3v) is 2.23. The van der Waals surface area contributed by atoms with Gasteiger partial charge in [0.15, 0.2) is 0 Å². The first kappa shape index (κ1) is 7.52. The van der Waals surface area contributed by atoms with Crippen molar-refractivity contribution in [3.05, 3.63) is 11.6 Å². The van der Waals surface area contributed by atoms with E-state index in [-0.39, 0.29) is 5.92 Å². The van der Waals surface area contributed by atoms with Crippen LogP contribution in [0.15, 0.2) is 11.6 Å². The van der Waals surface area contributed by atoms with Crippen LogP contribution in [0.2, 0.25) is 0 Å². The zero-order valence-electron chi connectivity index (χ0n) is 6.63. The summed E-state index contributed by atoms with van der Waals surface area (Å²) < 4.78 is 0. The van der Waals surface area contributed by atoms with E-state index in [0.717, 1.165) is 12.7 Å². The smallest absolute Gasteiger partial charge is 0.127 e. The second-order valence-electron chi connectivity index (χ2n) is 3.21. The van der Waals surface area contributed by atoms with Gasteiger partial charge in [-0.25, -0.2) is 0 Å². The van der Waals surface area contributed by atoms with Gasteiger partial charge in [-0.1, -0.05) is 18.6 Å². The molecule has 0 heterocycles. The average Bonchev–Trinajstić information content (AvgIpc) is 1.88. The van der Waals surface area contributed by atoms with Crippen LogP contribution in [-0.2, 0) is 4.79 Å². The van der Waals surface area contributed by atoms with Gasteiger partial charge in [-0.15, -0.1) is 0 Å². The Labute approximate surface area is 62.1 Å². The molecule has 0 radical (unpaired) electrons. The van der Waals surface area contributed by atoms with Crippen molar-refractivity contribution >= 4 is 6.29 Å². The van der Waals surface area contributed by atoms with E-state index in [1.54, 1.807) is 0 Å². The number of aldehydes is 1. The first-order valence-corrected chi connectivity index (χ1v) is 3.87. The first-order valence-electron chi connectivity index (χ1n) is 3.87. The molecule has 0 N–H and O–H groups in total. The molecule has 0 aliphatic heterocycles. The quantitative estimate of drug-likeness (QED) is 0.401. The van der Waals surface area contributed by atoms with E-state index in [2.05, 4.69) is 19.9 Å². The highest BCUT2D eigenvalue weighted by atomic mass is 16.1. The molecule has 0 amide bonds. The Morgan fingerprint density at radius 1 is 1.60 bits per heavy atom. The molecule has 1 rings (SSSR count). The minimum absolute atomic E-state index is 0.219. The molecule has 0 aromatic heterocycles. The van der Waals surface area contributed by atoms with Gasteiger partial charge in [0.2, 0.25) is 0 Å². The van der Waals surface area contributed by atoms with Gasteiger partial charge in [-0.2, -0.15) is 0 Å². The maximum absolute atomic E-state index is 10.4. The molecule has 0 saturated carbocycles. The van der Waals surface area contributed by atoms with Crippen LogP contribution < -0.4 is 0 Å². The Morgan fingerprint density at radius 3 is 2.80 bits per heavy atom. The fraction of sp³-hybridized carbons (Fsp3) is 0.667. The Hall–Kier alpha value is -0.590. The second-order valence-corrected chi connectivity index (χ2v) is 3.21. The topological polar surface area (TPSA) is 17.1 Å². The second kappa shape index (κ2) is 3.00. The molecule has 0 bridgehead atoms. The highest BCUT2D eigenvalue weighted by Gasteiger charge is 2.16. The van der Waals surface area contributed by atoms with Crippen LogP contribution in [-0.4, -0.2) is 6.29 Å². The van der Waals surface area contributed by atoms with Crippen molar-refractivity contribution in [3.8, 4) is 0 Å². The maximum atomic E-state index is 10.4. The first-order chi connectivity index (χ1) is 4.74. The normalized spacial score (nSPS) is 33.2. The van der Waals surface area contributed by atoms with Gasteiger partial charge in [0, 0.05) is 5.92 Å². The molecule has 2 atom stereocenters. The predicted molar refractivity (Wildman–Crippen MR) is 41.7 cm³/mol. The summed E-state index contributed by atoms with van der Waals surface area (Å²) in [6.07, 6.45) is 5.49. The molecule has 0 aromatic rings. The number of carbonyl (C=O) groups is 1. The summed E-state index contributed by atoms with van der Waals surface area (Å²) >= 11 is 0. The Balaban J connectivity index is 2.66. The third-order valence-electron chi connectivity index (χ3n) is 2.23. The van der Waals surface area contributed by atoms with E-state index in [1.807, 2.05) is 0 Å². The largest absolute Gasteiger partial charge is 0.303 e. The van der Waals surface area contributed by atoms with Crippen LogP contribution >= 0.6 is 0 Å². The zero-order chi connectivity index (χ0) is 7.56. The SMILES string of the molecule is CC1=CC(C)CCC1C=O. The number of carbonyl (C=O) groups excluding carboxylic acids is 1. The van der Waals surface area contributed by atoms with Crippen LogP contribution in [0.4, 0.5) is 0 Å². The molecule has 1 nitrogen and oxygen atoms in total. The van der Waals surface area contributed by atoms with Gasteiger partial charge in [-0.05, 0) is 25.7 Å². The summed E-state index contributed by atoms with van der Waals surface area (Å²) in [7, 11) is 0. The lowest BCUT2D eigenvalue weighted by Gasteiger charge is -2.20. The van der Waals surface area contributed by atoms with Gasteiger partial charge in [0.05, 0.1) is 0 Å². The van der Waals surface area contributed by atoms with Crippen molar-refractivity contribution < 1.29 is 4.79 Å². The van der Waals surface area contributed by atoms with E-state index in [0.29, 0.717) is 5.92 Å². The van der Waals surface area contributed by atoms with Crippen LogP contribution in [0.3, 0.4) is 0 Å². The molecule has 0 fully saturated rings.